The van der Waals surface area contributed by atoms with Crippen molar-refractivity contribution in [3.63, 3.8) is 0 Å². The van der Waals surface area contributed by atoms with Gasteiger partial charge in [0.25, 0.3) is 0 Å². The van der Waals surface area contributed by atoms with E-state index in [4.69, 9.17) is 4.52 Å². The minimum absolute atomic E-state index is 0.359. The Morgan fingerprint density at radius 3 is 2.18 bits per heavy atom. The van der Waals surface area contributed by atoms with E-state index in [2.05, 4.69) is 5.16 Å². The van der Waals surface area contributed by atoms with Gasteiger partial charge in [-0.15, -0.1) is 0 Å². The maximum atomic E-state index is 13.0. The summed E-state index contributed by atoms with van der Waals surface area (Å²) >= 11 is 0. The summed E-state index contributed by atoms with van der Waals surface area (Å²) in [5, 5.41) is 2.72. The highest BCUT2D eigenvalue weighted by atomic mass is 32.2. The maximum absolute atomic E-state index is 13.0. The normalized spacial score (nSPS) is 15.6. The molecule has 152 valence electrons. The van der Waals surface area contributed by atoms with Crippen molar-refractivity contribution in [3.05, 3.63) is 29.3 Å². The number of benzene rings is 1. The Labute approximate surface area is 158 Å². The number of alkyl halides is 3. The van der Waals surface area contributed by atoms with Crippen LogP contribution in [0.15, 0.2) is 32.6 Å². The van der Waals surface area contributed by atoms with Crippen LogP contribution in [0.5, 0.6) is 0 Å². The van der Waals surface area contributed by atoms with Gasteiger partial charge >= 0.3 is 6.18 Å². The summed E-state index contributed by atoms with van der Waals surface area (Å²) in [6, 6.07) is 1.87. The van der Waals surface area contributed by atoms with Gasteiger partial charge in [0.2, 0.25) is 5.03 Å². The molecule has 0 radical (unpaired) electrons. The fraction of sp³-hybridized carbons (Fsp3) is 0.375. The number of ketones is 1. The molecule has 0 amide bonds. The SMILES string of the molecule is CS(=O)(=O)c1cc(C(F)(F)F)ccc1-c1onc(S(C)(=O)=O)c1C(=O)C1CC1. The highest BCUT2D eigenvalue weighted by molar-refractivity contribution is 7.91. The van der Waals surface area contributed by atoms with Crippen molar-refractivity contribution in [1.29, 1.82) is 0 Å². The molecule has 1 aromatic heterocycles. The first-order valence-corrected chi connectivity index (χ1v) is 11.6. The number of aromatic nitrogens is 1. The van der Waals surface area contributed by atoms with E-state index in [1.165, 1.54) is 0 Å². The molecule has 0 aliphatic heterocycles. The minimum Gasteiger partial charge on any atom is -0.354 e. The van der Waals surface area contributed by atoms with Crippen LogP contribution in [0.3, 0.4) is 0 Å². The number of rotatable bonds is 5. The lowest BCUT2D eigenvalue weighted by molar-refractivity contribution is -0.137. The summed E-state index contributed by atoms with van der Waals surface area (Å²) in [5.41, 5.74) is -2.01. The van der Waals surface area contributed by atoms with Crippen LogP contribution in [0.4, 0.5) is 13.2 Å². The molecule has 0 bridgehead atoms. The van der Waals surface area contributed by atoms with Crippen LogP contribution < -0.4 is 0 Å². The first kappa shape index (κ1) is 20.5. The zero-order valence-electron chi connectivity index (χ0n) is 14.6. The number of carbonyl (C=O) groups excluding carboxylic acids is 1. The molecule has 0 saturated heterocycles. The number of sulfone groups is 2. The molecule has 1 fully saturated rings. The second-order valence-corrected chi connectivity index (χ2v) is 10.5. The molecule has 3 rings (SSSR count). The number of nitrogens with zero attached hydrogens (tertiary/aromatic N) is 1. The Morgan fingerprint density at radius 1 is 1.11 bits per heavy atom. The van der Waals surface area contributed by atoms with Gasteiger partial charge in [-0.25, -0.2) is 16.8 Å². The molecule has 0 unspecified atom stereocenters. The van der Waals surface area contributed by atoms with E-state index in [0.717, 1.165) is 12.3 Å². The van der Waals surface area contributed by atoms with E-state index in [-0.39, 0.29) is 5.56 Å². The highest BCUT2D eigenvalue weighted by Crippen LogP contribution is 2.41. The van der Waals surface area contributed by atoms with E-state index in [0.29, 0.717) is 31.2 Å². The molecule has 0 spiro atoms. The molecule has 0 atom stereocenters. The van der Waals surface area contributed by atoms with Crippen molar-refractivity contribution in [2.24, 2.45) is 5.92 Å². The van der Waals surface area contributed by atoms with Crippen molar-refractivity contribution >= 4 is 25.5 Å². The van der Waals surface area contributed by atoms with E-state index >= 15 is 0 Å². The predicted octanol–water partition coefficient (Wildman–Crippen LogP) is 2.76. The molecule has 1 aromatic carbocycles. The van der Waals surface area contributed by atoms with Crippen LogP contribution in [0, 0.1) is 5.92 Å². The average Bonchev–Trinajstić information content (AvgIpc) is 3.28. The van der Waals surface area contributed by atoms with Gasteiger partial charge in [0, 0.05) is 24.0 Å². The summed E-state index contributed by atoms with van der Waals surface area (Å²) in [6.07, 6.45) is -2.29. The van der Waals surface area contributed by atoms with Crippen LogP contribution in [0.2, 0.25) is 0 Å². The predicted molar refractivity (Wildman–Crippen MR) is 90.2 cm³/mol. The molecule has 12 heteroatoms. The molecule has 1 heterocycles. The number of carbonyl (C=O) groups is 1. The van der Waals surface area contributed by atoms with E-state index in [9.17, 15) is 34.8 Å². The molecular weight excluding hydrogens is 423 g/mol. The third kappa shape index (κ3) is 3.83. The van der Waals surface area contributed by atoms with Crippen LogP contribution in [0.1, 0.15) is 28.8 Å². The largest absolute Gasteiger partial charge is 0.416 e. The van der Waals surface area contributed by atoms with Gasteiger partial charge in [0.15, 0.2) is 31.2 Å². The zero-order chi connectivity index (χ0) is 21.1. The first-order valence-electron chi connectivity index (χ1n) is 7.87. The van der Waals surface area contributed by atoms with E-state index < -0.39 is 64.4 Å². The van der Waals surface area contributed by atoms with Gasteiger partial charge in [-0.2, -0.15) is 13.2 Å². The minimum atomic E-state index is -4.80. The van der Waals surface area contributed by atoms with Gasteiger partial charge in [-0.05, 0) is 31.0 Å². The lowest BCUT2D eigenvalue weighted by Crippen LogP contribution is -2.11. The molecule has 28 heavy (non-hydrogen) atoms. The molecule has 1 saturated carbocycles. The summed E-state index contributed by atoms with van der Waals surface area (Å²) in [4.78, 5) is 11.9. The second-order valence-electron chi connectivity index (χ2n) is 6.58. The first-order chi connectivity index (χ1) is 12.7. The zero-order valence-corrected chi connectivity index (χ0v) is 16.2. The number of Topliss-reactive ketones (excluding diaryl/α,β-unsaturated/α-hetero) is 1. The Hall–Kier alpha value is -2.21. The second kappa shape index (κ2) is 6.41. The van der Waals surface area contributed by atoms with E-state index in [1.54, 1.807) is 0 Å². The topological polar surface area (TPSA) is 111 Å². The van der Waals surface area contributed by atoms with Crippen LogP contribution in [-0.2, 0) is 25.9 Å². The Bertz CT molecular complexity index is 1180. The quantitative estimate of drug-likeness (QED) is 0.661. The Morgan fingerprint density at radius 2 is 1.71 bits per heavy atom. The lowest BCUT2D eigenvalue weighted by Gasteiger charge is -2.12. The summed E-state index contributed by atoms with van der Waals surface area (Å²) < 4.78 is 92.1. The number of hydrogen-bond acceptors (Lipinski definition) is 7. The number of hydrogen-bond donors (Lipinski definition) is 0. The van der Waals surface area contributed by atoms with E-state index in [1.807, 2.05) is 0 Å². The molecular formula is C16H14F3NO6S2. The van der Waals surface area contributed by atoms with Crippen molar-refractivity contribution < 1.29 is 39.3 Å². The van der Waals surface area contributed by atoms with Gasteiger partial charge in [-0.1, -0.05) is 5.16 Å². The van der Waals surface area contributed by atoms with Crippen LogP contribution >= 0.6 is 0 Å². The van der Waals surface area contributed by atoms with Crippen molar-refractivity contribution in [1.82, 2.24) is 5.16 Å². The standard InChI is InChI=1S/C16H14F3NO6S2/c1-27(22,23)11-7-9(16(17,18)19)5-6-10(11)14-12(13(21)8-3-4-8)15(20-26-14)28(2,24)25/h5-8H,3-4H2,1-2H3. The Balaban J connectivity index is 2.33. The fourth-order valence-electron chi connectivity index (χ4n) is 2.67. The summed E-state index contributed by atoms with van der Waals surface area (Å²) in [7, 11) is -8.19. The fourth-order valence-corrected chi connectivity index (χ4v) is 4.31. The lowest BCUT2D eigenvalue weighted by atomic mass is 10.0. The number of halogens is 3. The highest BCUT2D eigenvalue weighted by Gasteiger charge is 2.40. The smallest absolute Gasteiger partial charge is 0.354 e. The van der Waals surface area contributed by atoms with Gasteiger partial charge in [0.1, 0.15) is 5.56 Å². The van der Waals surface area contributed by atoms with Gasteiger partial charge in [0.05, 0.1) is 10.5 Å². The monoisotopic (exact) mass is 437 g/mol. The molecule has 2 aromatic rings. The summed E-state index contributed by atoms with van der Waals surface area (Å²) in [6.45, 7) is 0. The molecule has 1 aliphatic rings. The summed E-state index contributed by atoms with van der Waals surface area (Å²) in [5.74, 6) is -1.54. The maximum Gasteiger partial charge on any atom is 0.416 e. The molecule has 7 nitrogen and oxygen atoms in total. The van der Waals surface area contributed by atoms with Crippen LogP contribution in [-0.4, -0.2) is 40.3 Å². The van der Waals surface area contributed by atoms with Gasteiger partial charge in [-0.3, -0.25) is 4.79 Å². The van der Waals surface area contributed by atoms with Crippen molar-refractivity contribution in [2.75, 3.05) is 12.5 Å². The third-order valence-electron chi connectivity index (χ3n) is 4.16. The van der Waals surface area contributed by atoms with Crippen LogP contribution in [0.25, 0.3) is 11.3 Å². The molecule has 1 aliphatic carbocycles. The third-order valence-corrected chi connectivity index (χ3v) is 6.28. The van der Waals surface area contributed by atoms with Gasteiger partial charge < -0.3 is 4.52 Å². The average molecular weight is 437 g/mol. The molecule has 0 N–H and O–H groups in total. The van der Waals surface area contributed by atoms with Crippen molar-refractivity contribution in [3.8, 4) is 11.3 Å². The van der Waals surface area contributed by atoms with Crippen molar-refractivity contribution in [2.45, 2.75) is 28.9 Å². The Kier molecular flexibility index (Phi) is 4.70.